The second kappa shape index (κ2) is 11.9. The number of aliphatic hydroxyl groups is 2. The minimum atomic E-state index is -2.44. The molecule has 1 unspecified atom stereocenters. The first-order chi connectivity index (χ1) is 17.3. The van der Waals surface area contributed by atoms with Crippen LogP contribution >= 0.6 is 0 Å². The highest BCUT2D eigenvalue weighted by Gasteiger charge is 2.50. The molecule has 2 aliphatic rings. The van der Waals surface area contributed by atoms with Crippen LogP contribution < -0.4 is 10.4 Å². The van der Waals surface area contributed by atoms with Gasteiger partial charge in [-0.25, -0.2) is 0 Å². The van der Waals surface area contributed by atoms with Crippen LogP contribution in [0.4, 0.5) is 0 Å². The number of nitrogens with zero attached hydrogens (tertiary/aromatic N) is 2. The molecule has 0 saturated carbocycles. The average molecular weight is 511 g/mol. The number of hydrogen-bond donors (Lipinski definition) is 2. The highest BCUT2D eigenvalue weighted by Crippen LogP contribution is 2.40. The van der Waals surface area contributed by atoms with E-state index >= 15 is 0 Å². The zero-order valence-corrected chi connectivity index (χ0v) is 23.5. The Kier molecular flexibility index (Phi) is 9.08. The molecule has 0 amide bonds. The Morgan fingerprint density at radius 1 is 0.861 bits per heavy atom. The number of benzene rings is 2. The molecule has 1 atom stereocenters. The maximum atomic E-state index is 9.57. The van der Waals surface area contributed by atoms with Crippen LogP contribution in [-0.4, -0.2) is 86.9 Å². The van der Waals surface area contributed by atoms with Gasteiger partial charge < -0.3 is 19.5 Å². The maximum absolute atomic E-state index is 9.57. The molecule has 198 valence electrons. The molecular formula is C30H46N2O3Si. The summed E-state index contributed by atoms with van der Waals surface area (Å²) in [5, 5.41) is 21.9. The Balaban J connectivity index is 1.34. The predicted octanol–water partition coefficient (Wildman–Crippen LogP) is 3.09. The lowest BCUT2D eigenvalue weighted by Crippen LogP contribution is -2.66. The van der Waals surface area contributed by atoms with Gasteiger partial charge in [0.25, 0.3) is 8.32 Å². The summed E-state index contributed by atoms with van der Waals surface area (Å²) in [6.07, 6.45) is 4.62. The fourth-order valence-corrected chi connectivity index (χ4v) is 11.2. The van der Waals surface area contributed by atoms with Crippen molar-refractivity contribution in [1.82, 2.24) is 9.80 Å². The molecule has 2 aromatic carbocycles. The predicted molar refractivity (Wildman–Crippen MR) is 150 cm³/mol. The van der Waals surface area contributed by atoms with Gasteiger partial charge in [-0.1, -0.05) is 81.4 Å². The van der Waals surface area contributed by atoms with Crippen molar-refractivity contribution in [3.63, 3.8) is 0 Å². The largest absolute Gasteiger partial charge is 0.407 e. The van der Waals surface area contributed by atoms with Crippen LogP contribution in [0, 0.1) is 5.41 Å². The van der Waals surface area contributed by atoms with E-state index in [4.69, 9.17) is 4.43 Å². The van der Waals surface area contributed by atoms with Gasteiger partial charge in [0.1, 0.15) is 0 Å². The van der Waals surface area contributed by atoms with Crippen molar-refractivity contribution in [2.45, 2.75) is 57.5 Å². The van der Waals surface area contributed by atoms with Crippen LogP contribution in [0.25, 0.3) is 0 Å². The maximum Gasteiger partial charge on any atom is 0.261 e. The van der Waals surface area contributed by atoms with Crippen molar-refractivity contribution in [1.29, 1.82) is 0 Å². The SMILES string of the molecule is CC(C)(C)[Si](OCCCCN1CCC2(CCN(C(CO)CO)C2)C1)(c1ccccc1)c1ccccc1. The van der Waals surface area contributed by atoms with Gasteiger partial charge in [-0.05, 0) is 66.1 Å². The lowest BCUT2D eigenvalue weighted by atomic mass is 9.86. The highest BCUT2D eigenvalue weighted by atomic mass is 28.4. The minimum Gasteiger partial charge on any atom is -0.407 e. The standard InChI is InChI=1S/C30H46N2O3Si/c1-29(2,3)36(27-12-6-4-7-13-27,28-14-8-5-9-15-28)35-21-11-10-18-31-19-16-30(24-31)17-20-32(25-30)26(22-33)23-34/h4-9,12-15,26,33-34H,10-11,16-25H2,1-3H3. The number of unbranched alkanes of at least 4 members (excludes halogenated alkanes) is 1. The molecule has 2 heterocycles. The lowest BCUT2D eigenvalue weighted by molar-refractivity contribution is 0.0817. The Morgan fingerprint density at radius 2 is 1.44 bits per heavy atom. The first-order valence-corrected chi connectivity index (χ1v) is 15.7. The van der Waals surface area contributed by atoms with Crippen LogP contribution in [-0.2, 0) is 4.43 Å². The topological polar surface area (TPSA) is 56.2 Å². The summed E-state index contributed by atoms with van der Waals surface area (Å²) < 4.78 is 7.06. The average Bonchev–Trinajstić information content (AvgIpc) is 3.48. The smallest absolute Gasteiger partial charge is 0.261 e. The Morgan fingerprint density at radius 3 is 2.00 bits per heavy atom. The van der Waals surface area contributed by atoms with E-state index in [-0.39, 0.29) is 24.3 Å². The lowest BCUT2D eigenvalue weighted by Gasteiger charge is -2.43. The van der Waals surface area contributed by atoms with Crippen LogP contribution in [0.15, 0.2) is 60.7 Å². The van der Waals surface area contributed by atoms with Gasteiger partial charge in [0.15, 0.2) is 0 Å². The second-order valence-electron chi connectivity index (χ2n) is 12.0. The molecule has 2 N–H and O–H groups in total. The summed E-state index contributed by atoms with van der Waals surface area (Å²) in [4.78, 5) is 4.92. The van der Waals surface area contributed by atoms with Gasteiger partial charge in [-0.2, -0.15) is 0 Å². The second-order valence-corrected chi connectivity index (χ2v) is 16.3. The fraction of sp³-hybridized carbons (Fsp3) is 0.600. The van der Waals surface area contributed by atoms with E-state index in [9.17, 15) is 10.2 Å². The Hall–Kier alpha value is -1.54. The third kappa shape index (κ3) is 5.79. The van der Waals surface area contributed by atoms with Gasteiger partial charge in [0.2, 0.25) is 0 Å². The van der Waals surface area contributed by atoms with E-state index < -0.39 is 8.32 Å². The van der Waals surface area contributed by atoms with Crippen LogP contribution in [0.5, 0.6) is 0 Å². The number of rotatable bonds is 11. The molecule has 2 fully saturated rings. The molecule has 4 rings (SSSR count). The quantitative estimate of drug-likeness (QED) is 0.359. The van der Waals surface area contributed by atoms with E-state index in [0.717, 1.165) is 52.2 Å². The van der Waals surface area contributed by atoms with E-state index in [0.29, 0.717) is 5.41 Å². The van der Waals surface area contributed by atoms with Crippen molar-refractivity contribution in [3.8, 4) is 0 Å². The van der Waals surface area contributed by atoms with Crippen molar-refractivity contribution in [2.24, 2.45) is 5.41 Å². The van der Waals surface area contributed by atoms with Gasteiger partial charge in [0.05, 0.1) is 19.3 Å². The van der Waals surface area contributed by atoms with Crippen LogP contribution in [0.3, 0.4) is 0 Å². The molecule has 0 bridgehead atoms. The summed E-state index contributed by atoms with van der Waals surface area (Å²) in [6, 6.07) is 21.7. The first-order valence-electron chi connectivity index (χ1n) is 13.8. The Labute approximate surface area is 219 Å². The molecule has 5 nitrogen and oxygen atoms in total. The summed E-state index contributed by atoms with van der Waals surface area (Å²) in [5.41, 5.74) is 0.341. The molecule has 0 aromatic heterocycles. The van der Waals surface area contributed by atoms with E-state index in [2.05, 4.69) is 91.2 Å². The van der Waals surface area contributed by atoms with Crippen molar-refractivity contribution in [2.75, 3.05) is 52.5 Å². The van der Waals surface area contributed by atoms with E-state index in [1.807, 2.05) is 0 Å². The number of hydrogen-bond acceptors (Lipinski definition) is 5. The summed E-state index contributed by atoms with van der Waals surface area (Å²) in [6.45, 7) is 13.3. The van der Waals surface area contributed by atoms with Gasteiger partial charge >= 0.3 is 0 Å². The zero-order valence-electron chi connectivity index (χ0n) is 22.5. The highest BCUT2D eigenvalue weighted by molar-refractivity contribution is 6.99. The molecule has 0 radical (unpaired) electrons. The molecule has 0 aliphatic carbocycles. The van der Waals surface area contributed by atoms with Gasteiger partial charge in [-0.15, -0.1) is 0 Å². The van der Waals surface area contributed by atoms with Crippen molar-refractivity contribution < 1.29 is 14.6 Å². The van der Waals surface area contributed by atoms with E-state index in [1.54, 1.807) is 0 Å². The third-order valence-electron chi connectivity index (χ3n) is 8.53. The molecule has 2 aliphatic heterocycles. The van der Waals surface area contributed by atoms with Crippen LogP contribution in [0.1, 0.15) is 46.5 Å². The monoisotopic (exact) mass is 510 g/mol. The third-order valence-corrected chi connectivity index (χ3v) is 13.6. The molecule has 2 saturated heterocycles. The molecule has 36 heavy (non-hydrogen) atoms. The molecule has 2 aromatic rings. The van der Waals surface area contributed by atoms with Crippen molar-refractivity contribution in [3.05, 3.63) is 60.7 Å². The zero-order chi connectivity index (χ0) is 25.7. The Bertz CT molecular complexity index is 893. The molecular weight excluding hydrogens is 464 g/mol. The summed E-state index contributed by atoms with van der Waals surface area (Å²) in [5.74, 6) is 0. The van der Waals surface area contributed by atoms with Crippen LogP contribution in [0.2, 0.25) is 5.04 Å². The van der Waals surface area contributed by atoms with Gasteiger partial charge in [-0.3, -0.25) is 4.90 Å². The van der Waals surface area contributed by atoms with Crippen molar-refractivity contribution >= 4 is 18.7 Å². The van der Waals surface area contributed by atoms with Gasteiger partial charge in [0, 0.05) is 19.7 Å². The first kappa shape index (κ1) is 27.5. The molecule has 6 heteroatoms. The summed E-state index contributed by atoms with van der Waals surface area (Å²) >= 11 is 0. The number of likely N-dealkylation sites (tertiary alicyclic amines) is 2. The van der Waals surface area contributed by atoms with E-state index in [1.165, 1.54) is 23.2 Å². The fourth-order valence-electron chi connectivity index (χ4n) is 6.55. The minimum absolute atomic E-state index is 0.0202. The molecule has 1 spiro atoms. The normalized spacial score (nSPS) is 21.7. The number of aliphatic hydroxyl groups excluding tert-OH is 2. The summed E-state index contributed by atoms with van der Waals surface area (Å²) in [7, 11) is -2.44.